The predicted molar refractivity (Wildman–Crippen MR) is 141 cm³/mol. The van der Waals surface area contributed by atoms with Crippen LogP contribution < -0.4 is 5.32 Å². The van der Waals surface area contributed by atoms with E-state index in [2.05, 4.69) is 15.3 Å². The third kappa shape index (κ3) is 5.44. The van der Waals surface area contributed by atoms with Gasteiger partial charge in [0.05, 0.1) is 19.3 Å². The van der Waals surface area contributed by atoms with Crippen LogP contribution in [0, 0.1) is 5.92 Å². The first kappa shape index (κ1) is 28.4. The van der Waals surface area contributed by atoms with E-state index in [4.69, 9.17) is 14.0 Å². The van der Waals surface area contributed by atoms with E-state index < -0.39 is 48.5 Å². The number of aromatic nitrogens is 2. The van der Waals surface area contributed by atoms with Gasteiger partial charge in [-0.1, -0.05) is 50.6 Å². The molecule has 2 aromatic rings. The van der Waals surface area contributed by atoms with Gasteiger partial charge in [0, 0.05) is 26.5 Å². The minimum Gasteiger partial charge on any atom is -0.613 e. The zero-order valence-corrected chi connectivity index (χ0v) is 22.9. The van der Waals surface area contributed by atoms with E-state index in [1.165, 1.54) is 25.7 Å². The molecule has 2 fully saturated rings. The Morgan fingerprint density at radius 1 is 1.15 bits per heavy atom. The summed E-state index contributed by atoms with van der Waals surface area (Å²) in [5.74, 6) is -2.38. The van der Waals surface area contributed by atoms with Crippen LogP contribution in [0.5, 0.6) is 0 Å². The number of ether oxygens (including phenoxy) is 1. The second-order valence-corrected chi connectivity index (χ2v) is 11.2. The molecule has 39 heavy (non-hydrogen) atoms. The lowest BCUT2D eigenvalue weighted by molar-refractivity contribution is -0.815. The van der Waals surface area contributed by atoms with Crippen molar-refractivity contribution in [3.63, 3.8) is 0 Å². The quantitative estimate of drug-likeness (QED) is 0.335. The molecular weight excluding hydrogens is 503 g/mol. The Hall–Kier alpha value is -3.64. The number of carbonyl (C=O) groups is 4. The number of hydrogen-bond donors (Lipinski definition) is 1. The van der Waals surface area contributed by atoms with E-state index >= 15 is 0 Å². The fourth-order valence-corrected chi connectivity index (χ4v) is 6.02. The number of amides is 1. The Bertz CT molecular complexity index is 1230. The summed E-state index contributed by atoms with van der Waals surface area (Å²) in [6.45, 7) is 1.56. The number of nitrogens with one attached hydrogen (secondary N) is 1. The molecule has 2 aliphatic rings. The minimum atomic E-state index is -2.45. The summed E-state index contributed by atoms with van der Waals surface area (Å²) in [6.07, 6.45) is 3.81. The Morgan fingerprint density at radius 2 is 1.87 bits per heavy atom. The molecule has 4 rings (SSSR count). The second kappa shape index (κ2) is 11.2. The molecule has 0 aliphatic carbocycles. The number of methoxy groups -OCH3 is 1. The summed E-state index contributed by atoms with van der Waals surface area (Å²) in [4.78, 5) is 60.4. The molecule has 2 bridgehead atoms. The number of rotatable bonds is 11. The topological polar surface area (TPSA) is 134 Å². The Kier molecular flexibility index (Phi) is 8.17. The lowest BCUT2D eigenvalue weighted by Crippen LogP contribution is -2.72. The summed E-state index contributed by atoms with van der Waals surface area (Å²) in [5.41, 5.74) is 0.959. The molecular formula is C27H35BN4O7. The molecule has 5 atom stereocenters. The molecule has 1 amide bonds. The Balaban J connectivity index is 1.65. The Morgan fingerprint density at radius 3 is 2.49 bits per heavy atom. The highest BCUT2D eigenvalue weighted by Gasteiger charge is 2.74. The zero-order valence-electron chi connectivity index (χ0n) is 22.9. The van der Waals surface area contributed by atoms with E-state index in [0.717, 1.165) is 5.56 Å². The van der Waals surface area contributed by atoms with Crippen LogP contribution in [0.25, 0.3) is 0 Å². The number of hydrogen-bond acceptors (Lipinski definition) is 9. The van der Waals surface area contributed by atoms with Gasteiger partial charge in [-0.2, -0.15) is 0 Å². The molecule has 1 unspecified atom stereocenters. The fraction of sp³-hybridized carbons (Fsp3) is 0.481. The molecule has 0 spiro atoms. The average Bonchev–Trinajstić information content (AvgIpc) is 3.37. The maximum atomic E-state index is 14.0. The van der Waals surface area contributed by atoms with Crippen molar-refractivity contribution >= 4 is 30.3 Å². The maximum Gasteiger partial charge on any atom is 0.532 e. The van der Waals surface area contributed by atoms with Crippen LogP contribution in [0.2, 0.25) is 5.82 Å². The molecule has 2 saturated heterocycles. The first-order valence-electron chi connectivity index (χ1n) is 13.1. The van der Waals surface area contributed by atoms with Crippen LogP contribution in [0.15, 0.2) is 48.9 Å². The lowest BCUT2D eigenvalue weighted by atomic mass is 9.51. The molecule has 1 aromatic carbocycles. The normalized spacial score (nSPS) is 24.6. The third-order valence-electron chi connectivity index (χ3n) is 7.84. The van der Waals surface area contributed by atoms with Gasteiger partial charge in [-0.15, -0.1) is 0 Å². The molecule has 208 valence electrons. The van der Waals surface area contributed by atoms with Crippen LogP contribution in [0.4, 0.5) is 0 Å². The van der Waals surface area contributed by atoms with Crippen molar-refractivity contribution < 1.29 is 37.6 Å². The number of esters is 1. The fourth-order valence-electron chi connectivity index (χ4n) is 6.02. The van der Waals surface area contributed by atoms with E-state index in [-0.39, 0.29) is 34.6 Å². The van der Waals surface area contributed by atoms with Gasteiger partial charge in [-0.05, 0) is 30.1 Å². The summed E-state index contributed by atoms with van der Waals surface area (Å²) >= 11 is 0. The molecule has 3 heterocycles. The Labute approximate surface area is 227 Å². The third-order valence-corrected chi connectivity index (χ3v) is 7.84. The van der Waals surface area contributed by atoms with Crippen molar-refractivity contribution in [2.45, 2.75) is 57.1 Å². The van der Waals surface area contributed by atoms with Crippen molar-refractivity contribution in [3.8, 4) is 0 Å². The van der Waals surface area contributed by atoms with Crippen molar-refractivity contribution in [2.24, 2.45) is 5.92 Å². The van der Waals surface area contributed by atoms with E-state index in [9.17, 15) is 19.2 Å². The predicted octanol–water partition coefficient (Wildman–Crippen LogP) is 1.71. The number of ketones is 1. The van der Waals surface area contributed by atoms with Crippen molar-refractivity contribution in [3.05, 3.63) is 60.2 Å². The molecule has 2 aliphatic heterocycles. The first-order chi connectivity index (χ1) is 18.5. The first-order valence-corrected chi connectivity index (χ1v) is 13.1. The maximum absolute atomic E-state index is 14.0. The standard InChI is InChI=1S/C27H35BN4O7/c1-17(2)13-19(28-32(3,4)23(26(35)37-5)24(38-28)27(36)39-28)15-22(33)20(14-18-9-7-6-8-10-18)31-25(34)21-16-29-11-12-30-21/h6-12,16-17,19-20,23-24H,13-15H2,1-5H3,(H,31,34)/t19-,20+,23-,24-,28?/m1/s1. The molecule has 1 aromatic heterocycles. The van der Waals surface area contributed by atoms with E-state index in [1.54, 1.807) is 14.1 Å². The van der Waals surface area contributed by atoms with Gasteiger partial charge in [0.1, 0.15) is 5.69 Å². The minimum absolute atomic E-state index is 0.0357. The van der Waals surface area contributed by atoms with Crippen LogP contribution >= 0.6 is 0 Å². The summed E-state index contributed by atoms with van der Waals surface area (Å²) in [7, 11) is 4.80. The van der Waals surface area contributed by atoms with Gasteiger partial charge in [0.2, 0.25) is 0 Å². The molecule has 11 nitrogen and oxygen atoms in total. The SMILES string of the molecule is COC(=O)[C@H]1[C@H]2O[B-]([C@@H](CC(=O)[C@H](Cc3ccccc3)NC(=O)c3cnccn3)CC(C)C)(OC2=O)[N+]1(C)C. The second-order valence-electron chi connectivity index (χ2n) is 11.2. The largest absolute Gasteiger partial charge is 0.613 e. The van der Waals surface area contributed by atoms with Gasteiger partial charge in [-0.25, -0.2) is 9.78 Å². The van der Waals surface area contributed by atoms with Crippen molar-refractivity contribution in [2.75, 3.05) is 21.2 Å². The molecule has 12 heteroatoms. The molecule has 0 saturated carbocycles. The highest BCUT2D eigenvalue weighted by molar-refractivity contribution is 6.66. The van der Waals surface area contributed by atoms with E-state index in [0.29, 0.717) is 6.42 Å². The average molecular weight is 538 g/mol. The number of nitrogens with zero attached hydrogens (tertiary/aromatic N) is 3. The number of benzene rings is 1. The number of Topliss-reactive ketones (excluding diaryl/α,β-unsaturated/α-hetero) is 1. The van der Waals surface area contributed by atoms with Crippen molar-refractivity contribution in [1.82, 2.24) is 15.3 Å². The highest BCUT2D eigenvalue weighted by Crippen LogP contribution is 2.51. The zero-order chi connectivity index (χ0) is 28.4. The monoisotopic (exact) mass is 538 g/mol. The number of fused-ring (bicyclic) bond motifs is 2. The lowest BCUT2D eigenvalue weighted by Gasteiger charge is -2.53. The van der Waals surface area contributed by atoms with Crippen LogP contribution in [0.3, 0.4) is 0 Å². The number of likely N-dealkylation sites (N-methyl/N-ethyl adjacent to an activating group) is 1. The number of quaternary nitrogens is 1. The van der Waals surface area contributed by atoms with Crippen LogP contribution in [-0.4, -0.2) is 84.1 Å². The van der Waals surface area contributed by atoms with Crippen LogP contribution in [-0.2, 0) is 34.9 Å². The molecule has 1 N–H and O–H groups in total. The molecule has 0 radical (unpaired) electrons. The van der Waals surface area contributed by atoms with Gasteiger partial charge >= 0.3 is 12.7 Å². The van der Waals surface area contributed by atoms with E-state index in [1.807, 2.05) is 44.2 Å². The summed E-state index contributed by atoms with van der Waals surface area (Å²) in [5, 5.41) is 2.83. The van der Waals surface area contributed by atoms with Crippen LogP contribution in [0.1, 0.15) is 42.7 Å². The summed E-state index contributed by atoms with van der Waals surface area (Å²) < 4.78 is 17.1. The van der Waals surface area contributed by atoms with Crippen molar-refractivity contribution in [1.29, 1.82) is 0 Å². The smallest absolute Gasteiger partial charge is 0.532 e. The van der Waals surface area contributed by atoms with Gasteiger partial charge in [0.25, 0.3) is 11.9 Å². The number of carbonyl (C=O) groups excluding carboxylic acids is 4. The van der Waals surface area contributed by atoms with Gasteiger partial charge < -0.3 is 23.8 Å². The van der Waals surface area contributed by atoms with Gasteiger partial charge in [-0.3, -0.25) is 19.4 Å². The van der Waals surface area contributed by atoms with Gasteiger partial charge in [0.15, 0.2) is 17.9 Å². The summed E-state index contributed by atoms with van der Waals surface area (Å²) in [6, 6.07) is 7.58. The highest BCUT2D eigenvalue weighted by atomic mass is 16.7.